The van der Waals surface area contributed by atoms with Crippen LogP contribution in [0, 0.1) is 0 Å². The number of piperidine rings is 1. The first-order valence-corrected chi connectivity index (χ1v) is 11.5. The Balaban J connectivity index is 1.38. The van der Waals surface area contributed by atoms with Crippen LogP contribution in [-0.4, -0.2) is 61.0 Å². The standard InChI is InChI=1S/C21H28N6O2S/c1-26(2)30(28,29)25-19-6-3-5-16(11-19)14-27-10-4-7-20(15-27)23-18-8-9-21-17(12-18)13-22-24-21/h3,5-6,8-9,11-13,20,23,25H,4,7,10,14-15H2,1-2H3,(H,22,24)/t20-/m0/s1. The number of hydrogen-bond acceptors (Lipinski definition) is 5. The van der Waals surface area contributed by atoms with Crippen molar-refractivity contribution in [1.82, 2.24) is 19.4 Å². The van der Waals surface area contributed by atoms with Crippen LogP contribution < -0.4 is 10.0 Å². The number of H-pyrrole nitrogens is 1. The van der Waals surface area contributed by atoms with E-state index in [-0.39, 0.29) is 0 Å². The Kier molecular flexibility index (Phi) is 5.94. The van der Waals surface area contributed by atoms with Gasteiger partial charge in [0.2, 0.25) is 0 Å². The Morgan fingerprint density at radius 1 is 1.20 bits per heavy atom. The van der Waals surface area contributed by atoms with Crippen molar-refractivity contribution in [2.24, 2.45) is 0 Å². The summed E-state index contributed by atoms with van der Waals surface area (Å²) in [6.45, 7) is 2.76. The van der Waals surface area contributed by atoms with E-state index in [2.05, 4.69) is 37.3 Å². The molecule has 8 nitrogen and oxygen atoms in total. The van der Waals surface area contributed by atoms with Crippen LogP contribution in [0.1, 0.15) is 18.4 Å². The number of benzene rings is 2. The number of nitrogens with zero attached hydrogens (tertiary/aromatic N) is 3. The lowest BCUT2D eigenvalue weighted by atomic mass is 10.0. The van der Waals surface area contributed by atoms with Crippen molar-refractivity contribution in [3.05, 3.63) is 54.2 Å². The van der Waals surface area contributed by atoms with Gasteiger partial charge in [-0.05, 0) is 55.3 Å². The summed E-state index contributed by atoms with van der Waals surface area (Å²) in [5.41, 5.74) is 3.82. The van der Waals surface area contributed by atoms with E-state index in [0.29, 0.717) is 11.7 Å². The van der Waals surface area contributed by atoms with Crippen molar-refractivity contribution in [2.75, 3.05) is 37.2 Å². The minimum atomic E-state index is -3.50. The van der Waals surface area contributed by atoms with Crippen molar-refractivity contribution in [3.63, 3.8) is 0 Å². The molecule has 0 saturated carbocycles. The number of hydrogen-bond donors (Lipinski definition) is 3. The normalized spacial score (nSPS) is 18.0. The van der Waals surface area contributed by atoms with Crippen LogP contribution in [-0.2, 0) is 16.8 Å². The average Bonchev–Trinajstić information content (AvgIpc) is 3.16. The Labute approximate surface area is 177 Å². The lowest BCUT2D eigenvalue weighted by molar-refractivity contribution is 0.208. The van der Waals surface area contributed by atoms with E-state index < -0.39 is 10.2 Å². The van der Waals surface area contributed by atoms with Crippen LogP contribution in [0.4, 0.5) is 11.4 Å². The molecule has 0 unspecified atom stereocenters. The molecule has 0 radical (unpaired) electrons. The van der Waals surface area contributed by atoms with Gasteiger partial charge in [0.1, 0.15) is 0 Å². The minimum absolute atomic E-state index is 0.374. The summed E-state index contributed by atoms with van der Waals surface area (Å²) in [5, 5.41) is 11.8. The van der Waals surface area contributed by atoms with Gasteiger partial charge < -0.3 is 5.32 Å². The van der Waals surface area contributed by atoms with Gasteiger partial charge in [-0.1, -0.05) is 12.1 Å². The second-order valence-corrected chi connectivity index (χ2v) is 9.87. The number of likely N-dealkylation sites (tertiary alicyclic amines) is 1. The Bertz CT molecular complexity index is 1110. The van der Waals surface area contributed by atoms with Crippen LogP contribution >= 0.6 is 0 Å². The fourth-order valence-corrected chi connectivity index (χ4v) is 4.42. The molecule has 0 amide bonds. The molecule has 1 aliphatic rings. The molecule has 1 saturated heterocycles. The van der Waals surface area contributed by atoms with Gasteiger partial charge in [-0.3, -0.25) is 14.7 Å². The topological polar surface area (TPSA) is 93.4 Å². The first kappa shape index (κ1) is 20.6. The van der Waals surface area contributed by atoms with E-state index >= 15 is 0 Å². The molecule has 3 aromatic rings. The van der Waals surface area contributed by atoms with Crippen LogP contribution in [0.5, 0.6) is 0 Å². The van der Waals surface area contributed by atoms with Gasteiger partial charge >= 0.3 is 10.2 Å². The highest BCUT2D eigenvalue weighted by Crippen LogP contribution is 2.22. The van der Waals surface area contributed by atoms with E-state index in [0.717, 1.165) is 54.6 Å². The largest absolute Gasteiger partial charge is 0.381 e. The predicted octanol–water partition coefficient (Wildman–Crippen LogP) is 2.86. The maximum absolute atomic E-state index is 12.1. The maximum Gasteiger partial charge on any atom is 0.301 e. The predicted molar refractivity (Wildman–Crippen MR) is 121 cm³/mol. The van der Waals surface area contributed by atoms with E-state index in [1.807, 2.05) is 30.5 Å². The minimum Gasteiger partial charge on any atom is -0.381 e. The third-order valence-electron chi connectivity index (χ3n) is 5.38. The summed E-state index contributed by atoms with van der Waals surface area (Å²) in [7, 11) is -0.480. The van der Waals surface area contributed by atoms with Crippen molar-refractivity contribution < 1.29 is 8.42 Å². The van der Waals surface area contributed by atoms with Gasteiger partial charge in [-0.2, -0.15) is 17.8 Å². The van der Waals surface area contributed by atoms with Crippen molar-refractivity contribution in [1.29, 1.82) is 0 Å². The van der Waals surface area contributed by atoms with Gasteiger partial charge in [0, 0.05) is 44.3 Å². The van der Waals surface area contributed by atoms with E-state index in [9.17, 15) is 8.42 Å². The summed E-state index contributed by atoms with van der Waals surface area (Å²) in [4.78, 5) is 2.41. The van der Waals surface area contributed by atoms with E-state index in [4.69, 9.17) is 0 Å². The molecule has 3 N–H and O–H groups in total. The fraction of sp³-hybridized carbons (Fsp3) is 0.381. The Morgan fingerprint density at radius 3 is 2.90 bits per heavy atom. The maximum atomic E-state index is 12.1. The summed E-state index contributed by atoms with van der Waals surface area (Å²) < 4.78 is 27.9. The zero-order chi connectivity index (χ0) is 21.1. The van der Waals surface area contributed by atoms with Gasteiger partial charge in [0.25, 0.3) is 0 Å². The highest BCUT2D eigenvalue weighted by atomic mass is 32.2. The molecule has 160 valence electrons. The number of aromatic amines is 1. The van der Waals surface area contributed by atoms with E-state index in [1.165, 1.54) is 18.4 Å². The van der Waals surface area contributed by atoms with Gasteiger partial charge in [-0.25, -0.2) is 0 Å². The third kappa shape index (κ3) is 4.92. The molecule has 30 heavy (non-hydrogen) atoms. The highest BCUT2D eigenvalue weighted by molar-refractivity contribution is 7.90. The number of rotatable bonds is 7. The van der Waals surface area contributed by atoms with Gasteiger partial charge in [0.15, 0.2) is 0 Å². The summed E-state index contributed by atoms with van der Waals surface area (Å²) >= 11 is 0. The average molecular weight is 429 g/mol. The fourth-order valence-electron chi connectivity index (χ4n) is 3.82. The lowest BCUT2D eigenvalue weighted by Gasteiger charge is -2.33. The molecule has 1 aromatic heterocycles. The van der Waals surface area contributed by atoms with Crippen molar-refractivity contribution in [3.8, 4) is 0 Å². The molecule has 4 rings (SSSR count). The van der Waals surface area contributed by atoms with Crippen LogP contribution in [0.25, 0.3) is 10.9 Å². The second kappa shape index (κ2) is 8.63. The number of nitrogens with one attached hydrogen (secondary N) is 3. The molecule has 0 bridgehead atoms. The second-order valence-electron chi connectivity index (χ2n) is 7.98. The molecular formula is C21H28N6O2S. The van der Waals surface area contributed by atoms with E-state index in [1.54, 1.807) is 6.07 Å². The number of anilines is 2. The molecule has 1 fully saturated rings. The SMILES string of the molecule is CN(C)S(=O)(=O)Nc1cccc(CN2CCC[C@H](Nc3ccc4[nH]ncc4c3)C2)c1. The quantitative estimate of drug-likeness (QED) is 0.538. The summed E-state index contributed by atoms with van der Waals surface area (Å²) in [6, 6.07) is 14.2. The van der Waals surface area contributed by atoms with Gasteiger partial charge in [0.05, 0.1) is 17.4 Å². The molecule has 0 spiro atoms. The smallest absolute Gasteiger partial charge is 0.301 e. The molecule has 1 aliphatic heterocycles. The summed E-state index contributed by atoms with van der Waals surface area (Å²) in [5.74, 6) is 0. The molecule has 1 atom stereocenters. The Hall–Kier alpha value is -2.62. The zero-order valence-electron chi connectivity index (χ0n) is 17.3. The first-order valence-electron chi connectivity index (χ1n) is 10.1. The zero-order valence-corrected chi connectivity index (χ0v) is 18.1. The molecular weight excluding hydrogens is 400 g/mol. The number of aromatic nitrogens is 2. The number of fused-ring (bicyclic) bond motifs is 1. The molecule has 2 aromatic carbocycles. The highest BCUT2D eigenvalue weighted by Gasteiger charge is 2.20. The van der Waals surface area contributed by atoms with Gasteiger partial charge in [-0.15, -0.1) is 0 Å². The molecule has 2 heterocycles. The monoisotopic (exact) mass is 428 g/mol. The van der Waals surface area contributed by atoms with Crippen LogP contribution in [0.2, 0.25) is 0 Å². The molecule has 9 heteroatoms. The summed E-state index contributed by atoms with van der Waals surface area (Å²) in [6.07, 6.45) is 4.09. The van der Waals surface area contributed by atoms with Crippen molar-refractivity contribution in [2.45, 2.75) is 25.4 Å². The van der Waals surface area contributed by atoms with Crippen LogP contribution in [0.15, 0.2) is 48.7 Å². The van der Waals surface area contributed by atoms with Crippen LogP contribution in [0.3, 0.4) is 0 Å². The lowest BCUT2D eigenvalue weighted by Crippen LogP contribution is -2.41. The molecule has 0 aliphatic carbocycles. The first-order chi connectivity index (χ1) is 14.4. The Morgan fingerprint density at radius 2 is 2.07 bits per heavy atom. The third-order valence-corrected chi connectivity index (χ3v) is 6.83. The van der Waals surface area contributed by atoms with Crippen molar-refractivity contribution >= 4 is 32.5 Å².